The molecule has 14 nitrogen and oxygen atoms in total. The quantitative estimate of drug-likeness (QED) is 0.0683. The summed E-state index contributed by atoms with van der Waals surface area (Å²) in [6, 6.07) is 28.3. The van der Waals surface area contributed by atoms with Gasteiger partial charge in [0, 0.05) is 13.1 Å². The van der Waals surface area contributed by atoms with Crippen LogP contribution in [0, 0.1) is 0 Å². The second-order valence-corrected chi connectivity index (χ2v) is 13.4. The van der Waals surface area contributed by atoms with E-state index in [1.165, 1.54) is 28.4 Å². The summed E-state index contributed by atoms with van der Waals surface area (Å²) in [7, 11) is 11.2. The number of hydrogen-bond donors (Lipinski definition) is 0. The lowest BCUT2D eigenvalue weighted by Gasteiger charge is -2.19. The monoisotopic (exact) mass is 830 g/mol. The van der Waals surface area contributed by atoms with Gasteiger partial charge in [-0.3, -0.25) is 0 Å². The van der Waals surface area contributed by atoms with Crippen LogP contribution in [0.2, 0.25) is 0 Å². The zero-order valence-corrected chi connectivity index (χ0v) is 35.2. The molecule has 316 valence electrons. The number of carbonyl (C=O) groups is 4. The highest BCUT2D eigenvalue weighted by Crippen LogP contribution is 2.42. The predicted octanol–water partition coefficient (Wildman–Crippen LogP) is 8.23. The Labute approximate surface area is 353 Å². The van der Waals surface area contributed by atoms with Crippen molar-refractivity contribution < 1.29 is 57.1 Å². The molecule has 0 spiro atoms. The second-order valence-electron chi connectivity index (χ2n) is 13.4. The standard InChI is InChI=1S/C47H46N2O12/c1-54-32-18-10-28(11-19-32)40-36(44(50)58-5)37(45(51)59-6)41(29-12-20-33(55-2)21-13-29)48(40)26-9-27-49-42(30-14-22-34(56-3)23-15-30)38(46(52)60-7)39(47(53)61-8)43(49)31-16-24-35(57-4)25-17-31/h10-25H,9,26-27H2,1-8H3. The van der Waals surface area contributed by atoms with Crippen LogP contribution in [0.4, 0.5) is 0 Å². The van der Waals surface area contributed by atoms with E-state index in [4.69, 9.17) is 37.9 Å². The van der Waals surface area contributed by atoms with Gasteiger partial charge in [0.25, 0.3) is 0 Å². The van der Waals surface area contributed by atoms with Crippen LogP contribution in [-0.4, -0.2) is 89.9 Å². The normalized spacial score (nSPS) is 10.8. The number of ether oxygens (including phenoxy) is 8. The third-order valence-electron chi connectivity index (χ3n) is 10.3. The second kappa shape index (κ2) is 19.1. The van der Waals surface area contributed by atoms with E-state index in [9.17, 15) is 19.2 Å². The van der Waals surface area contributed by atoms with E-state index >= 15 is 0 Å². The Hall–Kier alpha value is -7.48. The molecular formula is C47H46N2O12. The van der Waals surface area contributed by atoms with Crippen molar-refractivity contribution in [2.24, 2.45) is 0 Å². The molecule has 0 bridgehead atoms. The topological polar surface area (TPSA) is 152 Å². The summed E-state index contributed by atoms with van der Waals surface area (Å²) in [6.07, 6.45) is 0.310. The highest BCUT2D eigenvalue weighted by atomic mass is 16.5. The van der Waals surface area contributed by atoms with Crippen molar-refractivity contribution in [3.8, 4) is 68.0 Å². The Balaban J connectivity index is 1.64. The van der Waals surface area contributed by atoms with Crippen molar-refractivity contribution in [2.45, 2.75) is 19.5 Å². The molecule has 0 unspecified atom stereocenters. The Bertz CT molecular complexity index is 2190. The number of hydrogen-bond acceptors (Lipinski definition) is 12. The molecule has 0 atom stereocenters. The fraction of sp³-hybridized carbons (Fsp3) is 0.234. The average molecular weight is 831 g/mol. The first-order valence-electron chi connectivity index (χ1n) is 19.0. The predicted molar refractivity (Wildman–Crippen MR) is 227 cm³/mol. The van der Waals surface area contributed by atoms with Crippen molar-refractivity contribution in [1.82, 2.24) is 9.13 Å². The molecule has 0 saturated carbocycles. The zero-order valence-electron chi connectivity index (χ0n) is 35.2. The van der Waals surface area contributed by atoms with Crippen molar-refractivity contribution in [3.63, 3.8) is 0 Å². The summed E-state index contributed by atoms with van der Waals surface area (Å²) in [5.74, 6) is -0.679. The van der Waals surface area contributed by atoms with E-state index in [0.717, 1.165) is 0 Å². The van der Waals surface area contributed by atoms with Crippen LogP contribution in [-0.2, 0) is 32.0 Å². The zero-order chi connectivity index (χ0) is 43.8. The van der Waals surface area contributed by atoms with Gasteiger partial charge in [0.2, 0.25) is 0 Å². The molecule has 4 aromatic carbocycles. The summed E-state index contributed by atoms with van der Waals surface area (Å²) in [5, 5.41) is 0. The molecule has 0 saturated heterocycles. The van der Waals surface area contributed by atoms with Crippen LogP contribution in [0.1, 0.15) is 47.9 Å². The van der Waals surface area contributed by atoms with Gasteiger partial charge in [-0.15, -0.1) is 0 Å². The summed E-state index contributed by atoms with van der Waals surface area (Å²) in [5.41, 5.74) is 3.95. The Morgan fingerprint density at radius 2 is 0.541 bits per heavy atom. The fourth-order valence-corrected chi connectivity index (χ4v) is 7.47. The third kappa shape index (κ3) is 8.37. The fourth-order valence-electron chi connectivity index (χ4n) is 7.47. The molecule has 0 fully saturated rings. The lowest BCUT2D eigenvalue weighted by Crippen LogP contribution is -2.11. The van der Waals surface area contributed by atoms with Crippen molar-refractivity contribution in [2.75, 3.05) is 56.9 Å². The lowest BCUT2D eigenvalue weighted by atomic mass is 10.0. The van der Waals surface area contributed by atoms with Crippen LogP contribution in [0.5, 0.6) is 23.0 Å². The van der Waals surface area contributed by atoms with Crippen LogP contribution in [0.3, 0.4) is 0 Å². The van der Waals surface area contributed by atoms with Gasteiger partial charge in [0.05, 0.1) is 79.7 Å². The van der Waals surface area contributed by atoms with Crippen LogP contribution in [0.25, 0.3) is 45.0 Å². The summed E-state index contributed by atoms with van der Waals surface area (Å²) < 4.78 is 46.8. The summed E-state index contributed by atoms with van der Waals surface area (Å²) in [6.45, 7) is 0.375. The van der Waals surface area contributed by atoms with Gasteiger partial charge in [0.1, 0.15) is 45.3 Å². The third-order valence-corrected chi connectivity index (χ3v) is 10.3. The average Bonchev–Trinajstić information content (AvgIpc) is 3.84. The van der Waals surface area contributed by atoms with Crippen molar-refractivity contribution in [3.05, 3.63) is 119 Å². The molecule has 0 aliphatic heterocycles. The van der Waals surface area contributed by atoms with Gasteiger partial charge in [-0.1, -0.05) is 0 Å². The minimum absolute atomic E-state index is 0.00472. The van der Waals surface area contributed by atoms with Crippen molar-refractivity contribution in [1.29, 1.82) is 0 Å². The van der Waals surface area contributed by atoms with Gasteiger partial charge in [-0.05, 0) is 126 Å². The SMILES string of the molecule is COC(=O)c1c(C(=O)OC)c(-c2ccc(OC)cc2)n(CCCn2c(-c3ccc(OC)cc3)c(C(=O)OC)c(C(=O)OC)c2-c2ccc(OC)cc2)c1-c1ccc(OC)cc1. The van der Waals surface area contributed by atoms with E-state index in [1.54, 1.807) is 126 Å². The van der Waals surface area contributed by atoms with Crippen LogP contribution < -0.4 is 18.9 Å². The number of aromatic nitrogens is 2. The van der Waals surface area contributed by atoms with Crippen molar-refractivity contribution >= 4 is 23.9 Å². The first kappa shape index (κ1) is 43.1. The number of nitrogens with zero attached hydrogens (tertiary/aromatic N) is 2. The summed E-state index contributed by atoms with van der Waals surface area (Å²) >= 11 is 0. The maximum absolute atomic E-state index is 13.9. The van der Waals surface area contributed by atoms with Gasteiger partial charge in [-0.2, -0.15) is 0 Å². The molecule has 0 radical (unpaired) electrons. The van der Waals surface area contributed by atoms with E-state index in [2.05, 4.69) is 0 Å². The number of esters is 4. The molecule has 0 aliphatic rings. The largest absolute Gasteiger partial charge is 0.497 e. The number of rotatable bonds is 16. The molecule has 2 heterocycles. The van der Waals surface area contributed by atoms with E-state index in [1.807, 2.05) is 9.13 Å². The Morgan fingerprint density at radius 3 is 0.705 bits per heavy atom. The maximum atomic E-state index is 13.9. The molecule has 61 heavy (non-hydrogen) atoms. The molecule has 0 aliphatic carbocycles. The summed E-state index contributed by atoms with van der Waals surface area (Å²) in [4.78, 5) is 55.5. The van der Waals surface area contributed by atoms with Crippen LogP contribution in [0.15, 0.2) is 97.1 Å². The van der Waals surface area contributed by atoms with E-state index < -0.39 is 23.9 Å². The first-order valence-corrected chi connectivity index (χ1v) is 19.0. The number of methoxy groups -OCH3 is 8. The number of carbonyl (C=O) groups excluding carboxylic acids is 4. The van der Waals surface area contributed by atoms with Crippen LogP contribution >= 0.6 is 0 Å². The Kier molecular flexibility index (Phi) is 13.5. The molecule has 6 aromatic rings. The minimum Gasteiger partial charge on any atom is -0.497 e. The van der Waals surface area contributed by atoms with E-state index in [0.29, 0.717) is 74.4 Å². The van der Waals surface area contributed by atoms with E-state index in [-0.39, 0.29) is 35.3 Å². The highest BCUT2D eigenvalue weighted by molar-refractivity contribution is 6.13. The molecule has 14 heteroatoms. The van der Waals surface area contributed by atoms with Gasteiger partial charge in [0.15, 0.2) is 0 Å². The van der Waals surface area contributed by atoms with Gasteiger partial charge in [-0.25, -0.2) is 19.2 Å². The smallest absolute Gasteiger partial charge is 0.340 e. The lowest BCUT2D eigenvalue weighted by molar-refractivity contribution is 0.0558. The first-order chi connectivity index (χ1) is 29.6. The number of benzene rings is 4. The molecule has 2 aromatic heterocycles. The maximum Gasteiger partial charge on any atom is 0.340 e. The van der Waals surface area contributed by atoms with Gasteiger partial charge < -0.3 is 47.0 Å². The van der Waals surface area contributed by atoms with Gasteiger partial charge >= 0.3 is 23.9 Å². The molecule has 6 rings (SSSR count). The molecular weight excluding hydrogens is 785 g/mol. The minimum atomic E-state index is -0.751. The Morgan fingerprint density at radius 1 is 0.344 bits per heavy atom. The highest BCUT2D eigenvalue weighted by Gasteiger charge is 2.36. The molecule has 0 amide bonds. The molecule has 0 N–H and O–H groups in total.